The van der Waals surface area contributed by atoms with Crippen LogP contribution in [0.4, 0.5) is 0 Å². The number of hydrogen-bond donors (Lipinski definition) is 1. The van der Waals surface area contributed by atoms with Gasteiger partial charge in [-0.15, -0.1) is 0 Å². The first-order chi connectivity index (χ1) is 8.36. The van der Waals surface area contributed by atoms with Crippen LogP contribution >= 0.6 is 0 Å². The largest absolute Gasteiger partial charge is 0.388 e. The van der Waals surface area contributed by atoms with Crippen molar-refractivity contribution in [1.29, 1.82) is 0 Å². The van der Waals surface area contributed by atoms with Gasteiger partial charge in [-0.1, -0.05) is 51.0 Å². The van der Waals surface area contributed by atoms with E-state index in [2.05, 4.69) is 45.9 Å². The molecule has 0 aromatic heterocycles. The van der Waals surface area contributed by atoms with Crippen molar-refractivity contribution in [1.82, 2.24) is 0 Å². The number of hydrogen-bond acceptors (Lipinski definition) is 1. The Kier molecular flexibility index (Phi) is 2.45. The zero-order valence-corrected chi connectivity index (χ0v) is 12.0. The fraction of sp³-hybridized carbons (Fsp3) is 0.647. The van der Waals surface area contributed by atoms with Gasteiger partial charge < -0.3 is 5.11 Å². The molecule has 1 nitrogen and oxygen atoms in total. The molecule has 1 heteroatoms. The predicted molar refractivity (Wildman–Crippen MR) is 74.6 cm³/mol. The number of aliphatic hydroxyl groups excluding tert-OH is 1. The van der Waals surface area contributed by atoms with Crippen LogP contribution in [0.25, 0.3) is 0 Å². The Morgan fingerprint density at radius 3 is 2.61 bits per heavy atom. The molecule has 1 aromatic rings. The summed E-state index contributed by atoms with van der Waals surface area (Å²) in [4.78, 5) is 0. The van der Waals surface area contributed by atoms with Gasteiger partial charge in [-0.25, -0.2) is 0 Å². The first-order valence-corrected chi connectivity index (χ1v) is 7.15. The number of fused-ring (bicyclic) bond motifs is 3. The highest BCUT2D eigenvalue weighted by molar-refractivity contribution is 5.45. The molecule has 0 aliphatic heterocycles. The number of benzene rings is 1. The van der Waals surface area contributed by atoms with Crippen molar-refractivity contribution in [2.24, 2.45) is 11.3 Å². The summed E-state index contributed by atoms with van der Waals surface area (Å²) in [6.07, 6.45) is 3.45. The normalized spacial score (nSPS) is 37.2. The highest BCUT2D eigenvalue weighted by Gasteiger charge is 2.56. The molecule has 2 aliphatic rings. The second-order valence-electron chi connectivity index (χ2n) is 7.27. The quantitative estimate of drug-likeness (QED) is 0.727. The smallest absolute Gasteiger partial charge is 0.0834 e. The molecule has 0 heterocycles. The van der Waals surface area contributed by atoms with Gasteiger partial charge >= 0.3 is 0 Å². The summed E-state index contributed by atoms with van der Waals surface area (Å²) >= 11 is 0. The van der Waals surface area contributed by atoms with Gasteiger partial charge in [-0.3, -0.25) is 0 Å². The van der Waals surface area contributed by atoms with Crippen LogP contribution in [0, 0.1) is 18.3 Å². The Hall–Kier alpha value is -0.820. The van der Waals surface area contributed by atoms with Crippen molar-refractivity contribution in [2.75, 3.05) is 0 Å². The molecule has 98 valence electrons. The maximum atomic E-state index is 10.8. The Balaban J connectivity index is 2.20. The van der Waals surface area contributed by atoms with Gasteiger partial charge in [0, 0.05) is 5.92 Å². The van der Waals surface area contributed by atoms with Gasteiger partial charge in [0.25, 0.3) is 0 Å². The number of aliphatic hydroxyl groups is 1. The maximum absolute atomic E-state index is 10.8. The average Bonchev–Trinajstić information content (AvgIpc) is 2.48. The molecule has 0 radical (unpaired) electrons. The first kappa shape index (κ1) is 12.2. The van der Waals surface area contributed by atoms with E-state index in [0.29, 0.717) is 5.92 Å². The molecule has 18 heavy (non-hydrogen) atoms. The summed E-state index contributed by atoms with van der Waals surface area (Å²) in [7, 11) is 0. The molecule has 1 fully saturated rings. The molecule has 0 saturated heterocycles. The van der Waals surface area contributed by atoms with E-state index in [9.17, 15) is 5.11 Å². The van der Waals surface area contributed by atoms with Crippen LogP contribution in [0.15, 0.2) is 18.2 Å². The fourth-order valence-corrected chi connectivity index (χ4v) is 4.76. The summed E-state index contributed by atoms with van der Waals surface area (Å²) in [6.45, 7) is 9.18. The van der Waals surface area contributed by atoms with Gasteiger partial charge in [0.1, 0.15) is 0 Å². The molecule has 1 aromatic carbocycles. The average molecular weight is 244 g/mol. The Labute approximate surface area is 110 Å². The van der Waals surface area contributed by atoms with E-state index < -0.39 is 0 Å². The third-order valence-electron chi connectivity index (χ3n) is 5.50. The van der Waals surface area contributed by atoms with Gasteiger partial charge in [-0.2, -0.15) is 0 Å². The van der Waals surface area contributed by atoms with E-state index in [0.717, 1.165) is 0 Å². The zero-order valence-electron chi connectivity index (χ0n) is 12.0. The lowest BCUT2D eigenvalue weighted by molar-refractivity contribution is -0.0272. The van der Waals surface area contributed by atoms with Gasteiger partial charge in [0.05, 0.1) is 6.10 Å². The van der Waals surface area contributed by atoms with E-state index in [4.69, 9.17) is 0 Å². The monoisotopic (exact) mass is 244 g/mol. The maximum Gasteiger partial charge on any atom is 0.0834 e. The van der Waals surface area contributed by atoms with E-state index in [1.54, 1.807) is 0 Å². The van der Waals surface area contributed by atoms with E-state index in [1.807, 2.05) is 0 Å². The Morgan fingerprint density at radius 1 is 1.17 bits per heavy atom. The molecule has 0 unspecified atom stereocenters. The summed E-state index contributed by atoms with van der Waals surface area (Å²) in [5.41, 5.74) is 4.31. The minimum atomic E-state index is -0.277. The molecular weight excluding hydrogens is 220 g/mol. The number of aryl methyl sites for hydroxylation is 1. The first-order valence-electron chi connectivity index (χ1n) is 7.15. The van der Waals surface area contributed by atoms with Crippen LogP contribution in [-0.2, 0) is 5.41 Å². The molecule has 1 N–H and O–H groups in total. The van der Waals surface area contributed by atoms with Crippen molar-refractivity contribution in [2.45, 2.75) is 58.5 Å². The summed E-state index contributed by atoms with van der Waals surface area (Å²) in [5, 5.41) is 10.8. The van der Waals surface area contributed by atoms with Crippen LogP contribution in [0.2, 0.25) is 0 Å². The topological polar surface area (TPSA) is 20.2 Å². The van der Waals surface area contributed by atoms with E-state index in [1.165, 1.54) is 36.0 Å². The van der Waals surface area contributed by atoms with Crippen LogP contribution in [0.3, 0.4) is 0 Å². The lowest BCUT2D eigenvalue weighted by Crippen LogP contribution is -2.43. The van der Waals surface area contributed by atoms with Crippen molar-refractivity contribution >= 4 is 0 Å². The summed E-state index contributed by atoms with van der Waals surface area (Å²) < 4.78 is 0. The fourth-order valence-electron chi connectivity index (χ4n) is 4.76. The lowest BCUT2D eigenvalue weighted by Gasteiger charge is -2.48. The Morgan fingerprint density at radius 2 is 1.89 bits per heavy atom. The molecule has 1 saturated carbocycles. The van der Waals surface area contributed by atoms with Crippen molar-refractivity contribution in [3.05, 3.63) is 34.9 Å². The molecule has 0 bridgehead atoms. The molecule has 0 spiro atoms. The number of rotatable bonds is 0. The highest BCUT2D eigenvalue weighted by Crippen LogP contribution is 2.62. The second-order valence-corrected chi connectivity index (χ2v) is 7.27. The minimum Gasteiger partial charge on any atom is -0.388 e. The van der Waals surface area contributed by atoms with E-state index >= 15 is 0 Å². The van der Waals surface area contributed by atoms with Crippen LogP contribution < -0.4 is 0 Å². The third kappa shape index (κ3) is 1.43. The predicted octanol–water partition coefficient (Wildman–Crippen LogP) is 4.13. The van der Waals surface area contributed by atoms with Crippen LogP contribution in [0.5, 0.6) is 0 Å². The third-order valence-corrected chi connectivity index (χ3v) is 5.50. The lowest BCUT2D eigenvalue weighted by atomic mass is 9.56. The SMILES string of the molecule is Cc1ccc2c(c1)[C@]1(C)CCCC(C)(C)[C@@H]1[C@H]2O. The molecule has 2 aliphatic carbocycles. The Bertz CT molecular complexity index is 488. The minimum absolute atomic E-state index is 0.169. The van der Waals surface area contributed by atoms with Gasteiger partial charge in [0.2, 0.25) is 0 Å². The molecule has 3 rings (SSSR count). The van der Waals surface area contributed by atoms with E-state index in [-0.39, 0.29) is 16.9 Å². The molecular formula is C17H24O. The van der Waals surface area contributed by atoms with Gasteiger partial charge in [-0.05, 0) is 41.7 Å². The molecule has 3 atom stereocenters. The van der Waals surface area contributed by atoms with Crippen molar-refractivity contribution in [3.8, 4) is 0 Å². The van der Waals surface area contributed by atoms with Crippen molar-refractivity contribution < 1.29 is 5.11 Å². The zero-order chi connectivity index (χ0) is 13.1. The molecule has 0 amide bonds. The van der Waals surface area contributed by atoms with Crippen LogP contribution in [0.1, 0.15) is 62.8 Å². The van der Waals surface area contributed by atoms with Crippen LogP contribution in [-0.4, -0.2) is 5.11 Å². The standard InChI is InChI=1S/C17H24O/c1-11-6-7-12-13(10-11)17(4)9-5-8-16(2,3)15(17)14(12)18/h6-7,10,14-15,18H,5,8-9H2,1-4H3/t14-,15-,17-/m0/s1. The summed E-state index contributed by atoms with van der Waals surface area (Å²) in [6, 6.07) is 6.59. The second kappa shape index (κ2) is 3.60. The van der Waals surface area contributed by atoms with Crippen molar-refractivity contribution in [3.63, 3.8) is 0 Å². The highest BCUT2D eigenvalue weighted by atomic mass is 16.3. The van der Waals surface area contributed by atoms with Gasteiger partial charge in [0.15, 0.2) is 0 Å². The summed E-state index contributed by atoms with van der Waals surface area (Å²) in [5.74, 6) is 0.371.